The van der Waals surface area contributed by atoms with E-state index in [9.17, 15) is 4.79 Å². The third kappa shape index (κ3) is 7.47. The average Bonchev–Trinajstić information content (AvgIpc) is 2.74. The molecule has 4 atom stereocenters. The zero-order valence-corrected chi connectivity index (χ0v) is 22.8. The molecule has 182 valence electrons. The fourth-order valence-corrected chi connectivity index (χ4v) is 4.83. The lowest BCUT2D eigenvalue weighted by atomic mass is 10.0. The SMILES string of the molecule is CCC(C)Oc1cc(OC(C)CC)c(PC(=O)c2c(C)cc(C)cc2C)c(OC(C)CC)c1. The van der Waals surface area contributed by atoms with Crippen LogP contribution in [0.25, 0.3) is 0 Å². The molecule has 0 aliphatic heterocycles. The number of carbonyl (C=O) groups excluding carboxylic acids is 1. The normalized spacial score (nSPS) is 14.2. The van der Waals surface area contributed by atoms with Gasteiger partial charge in [-0.05, 0) is 80.5 Å². The van der Waals surface area contributed by atoms with Crippen molar-refractivity contribution in [2.75, 3.05) is 0 Å². The predicted octanol–water partition coefficient (Wildman–Crippen LogP) is 7.29. The topological polar surface area (TPSA) is 44.8 Å². The van der Waals surface area contributed by atoms with Crippen molar-refractivity contribution in [2.45, 2.75) is 99.9 Å². The van der Waals surface area contributed by atoms with Crippen LogP contribution in [-0.4, -0.2) is 23.8 Å². The minimum absolute atomic E-state index is 0.0156. The molecule has 0 amide bonds. The lowest BCUT2D eigenvalue weighted by Gasteiger charge is -2.23. The maximum atomic E-state index is 13.6. The second-order valence-electron chi connectivity index (χ2n) is 9.03. The predicted molar refractivity (Wildman–Crippen MR) is 141 cm³/mol. The Morgan fingerprint density at radius 3 is 1.61 bits per heavy atom. The van der Waals surface area contributed by atoms with Gasteiger partial charge in [0.05, 0.1) is 23.6 Å². The number of rotatable bonds is 12. The third-order valence-electron chi connectivity index (χ3n) is 5.90. The number of hydrogen-bond acceptors (Lipinski definition) is 4. The number of ether oxygens (including phenoxy) is 3. The molecular formula is C28H41O4P. The summed E-state index contributed by atoms with van der Waals surface area (Å²) in [6.07, 6.45) is 2.74. The van der Waals surface area contributed by atoms with Gasteiger partial charge in [0.15, 0.2) is 5.52 Å². The van der Waals surface area contributed by atoms with Crippen LogP contribution < -0.4 is 19.5 Å². The molecule has 5 heteroatoms. The van der Waals surface area contributed by atoms with Crippen LogP contribution in [0.1, 0.15) is 87.9 Å². The Kier molecular flexibility index (Phi) is 10.2. The molecular weight excluding hydrogens is 431 g/mol. The van der Waals surface area contributed by atoms with Gasteiger partial charge in [-0.3, -0.25) is 4.79 Å². The van der Waals surface area contributed by atoms with Crippen molar-refractivity contribution >= 4 is 19.4 Å². The monoisotopic (exact) mass is 472 g/mol. The highest BCUT2D eigenvalue weighted by Gasteiger charge is 2.23. The minimum atomic E-state index is -0.107. The summed E-state index contributed by atoms with van der Waals surface area (Å²) >= 11 is 0. The maximum Gasteiger partial charge on any atom is 0.186 e. The lowest BCUT2D eigenvalue weighted by molar-refractivity contribution is 0.108. The van der Waals surface area contributed by atoms with E-state index in [1.165, 1.54) is 0 Å². The van der Waals surface area contributed by atoms with E-state index in [2.05, 4.69) is 39.8 Å². The number of carbonyl (C=O) groups is 1. The smallest absolute Gasteiger partial charge is 0.186 e. The van der Waals surface area contributed by atoms with Gasteiger partial charge in [0.1, 0.15) is 17.2 Å². The fraction of sp³-hybridized carbons (Fsp3) is 0.536. The van der Waals surface area contributed by atoms with Crippen LogP contribution in [0.4, 0.5) is 0 Å². The Balaban J connectivity index is 2.59. The molecule has 0 spiro atoms. The first-order valence-electron chi connectivity index (χ1n) is 12.2. The summed E-state index contributed by atoms with van der Waals surface area (Å²) in [4.78, 5) is 13.6. The molecule has 0 N–H and O–H groups in total. The molecule has 0 heterocycles. The third-order valence-corrected chi connectivity index (χ3v) is 7.12. The summed E-state index contributed by atoms with van der Waals surface area (Å²) in [5, 5.41) is 0.816. The molecule has 0 fully saturated rings. The molecule has 0 aliphatic carbocycles. The molecule has 0 aromatic heterocycles. The molecule has 0 aliphatic rings. The molecule has 0 bridgehead atoms. The van der Waals surface area contributed by atoms with Crippen molar-refractivity contribution in [1.29, 1.82) is 0 Å². The van der Waals surface area contributed by atoms with E-state index >= 15 is 0 Å². The molecule has 0 radical (unpaired) electrons. The summed E-state index contributed by atoms with van der Waals surface area (Å²) in [6.45, 7) is 18.5. The zero-order chi connectivity index (χ0) is 24.7. The summed E-state index contributed by atoms with van der Waals surface area (Å²) in [7, 11) is -0.107. The molecule has 0 saturated heterocycles. The summed E-state index contributed by atoms with van der Waals surface area (Å²) in [5.74, 6) is 2.07. The van der Waals surface area contributed by atoms with Crippen molar-refractivity contribution in [3.63, 3.8) is 0 Å². The minimum Gasteiger partial charge on any atom is -0.490 e. The van der Waals surface area contributed by atoms with Crippen molar-refractivity contribution in [3.05, 3.63) is 46.5 Å². The van der Waals surface area contributed by atoms with E-state index < -0.39 is 0 Å². The van der Waals surface area contributed by atoms with E-state index in [1.54, 1.807) is 0 Å². The number of aryl methyl sites for hydroxylation is 3. The Morgan fingerprint density at radius 2 is 1.18 bits per heavy atom. The molecule has 2 aromatic carbocycles. The van der Waals surface area contributed by atoms with E-state index in [0.29, 0.717) is 17.2 Å². The molecule has 2 rings (SSSR count). The Hall–Kier alpha value is -2.06. The fourth-order valence-electron chi connectivity index (χ4n) is 3.57. The Morgan fingerprint density at radius 1 is 0.758 bits per heavy atom. The summed E-state index contributed by atoms with van der Waals surface area (Å²) in [6, 6.07) is 7.99. The van der Waals surface area contributed by atoms with Gasteiger partial charge < -0.3 is 14.2 Å². The van der Waals surface area contributed by atoms with Gasteiger partial charge in [0, 0.05) is 17.7 Å². The zero-order valence-electron chi connectivity index (χ0n) is 21.8. The van der Waals surface area contributed by atoms with Gasteiger partial charge >= 0.3 is 0 Å². The van der Waals surface area contributed by atoms with E-state index in [1.807, 2.05) is 46.8 Å². The highest BCUT2D eigenvalue weighted by molar-refractivity contribution is 7.66. The van der Waals surface area contributed by atoms with Gasteiger partial charge in [-0.25, -0.2) is 0 Å². The van der Waals surface area contributed by atoms with Crippen molar-refractivity contribution in [2.24, 2.45) is 0 Å². The number of hydrogen-bond donors (Lipinski definition) is 0. The van der Waals surface area contributed by atoms with Crippen LogP contribution in [0.5, 0.6) is 17.2 Å². The molecule has 4 nitrogen and oxygen atoms in total. The summed E-state index contributed by atoms with van der Waals surface area (Å²) in [5.41, 5.74) is 4.08. The molecule has 2 aromatic rings. The maximum absolute atomic E-state index is 13.6. The van der Waals surface area contributed by atoms with Crippen LogP contribution in [0, 0.1) is 20.8 Å². The second-order valence-corrected chi connectivity index (χ2v) is 10.2. The molecule has 4 unspecified atom stereocenters. The van der Waals surface area contributed by atoms with Crippen LogP contribution in [0.3, 0.4) is 0 Å². The average molecular weight is 473 g/mol. The van der Waals surface area contributed by atoms with Gasteiger partial charge in [0.25, 0.3) is 0 Å². The van der Waals surface area contributed by atoms with Crippen LogP contribution in [0.15, 0.2) is 24.3 Å². The van der Waals surface area contributed by atoms with Crippen molar-refractivity contribution < 1.29 is 19.0 Å². The van der Waals surface area contributed by atoms with Crippen molar-refractivity contribution in [3.8, 4) is 17.2 Å². The first-order chi connectivity index (χ1) is 15.6. The Labute approximate surface area is 202 Å². The lowest BCUT2D eigenvalue weighted by Crippen LogP contribution is -2.21. The van der Waals surface area contributed by atoms with Gasteiger partial charge in [-0.15, -0.1) is 0 Å². The standard InChI is InChI=1S/C28H41O4P/c1-10-20(7)30-23-15-24(31-21(8)11-2)27(25(16-23)32-22(9)12-3)33-28(29)26-18(5)13-17(4)14-19(26)6/h13-16,20-22,33H,10-12H2,1-9H3. The van der Waals surface area contributed by atoms with Gasteiger partial charge in [-0.1, -0.05) is 38.5 Å². The first kappa shape index (κ1) is 27.2. The molecule has 0 saturated carbocycles. The first-order valence-corrected chi connectivity index (χ1v) is 13.2. The Bertz CT molecular complexity index is 897. The van der Waals surface area contributed by atoms with Gasteiger partial charge in [-0.2, -0.15) is 0 Å². The van der Waals surface area contributed by atoms with Crippen molar-refractivity contribution in [1.82, 2.24) is 0 Å². The van der Waals surface area contributed by atoms with E-state index in [4.69, 9.17) is 14.2 Å². The molecule has 33 heavy (non-hydrogen) atoms. The second kappa shape index (κ2) is 12.4. The van der Waals surface area contributed by atoms with Crippen LogP contribution >= 0.6 is 8.58 Å². The van der Waals surface area contributed by atoms with Gasteiger partial charge in [0.2, 0.25) is 0 Å². The van der Waals surface area contributed by atoms with Crippen LogP contribution in [-0.2, 0) is 0 Å². The number of benzene rings is 2. The highest BCUT2D eigenvalue weighted by Crippen LogP contribution is 2.37. The van der Waals surface area contributed by atoms with E-state index in [0.717, 1.165) is 46.8 Å². The quantitative estimate of drug-likeness (QED) is 0.304. The highest BCUT2D eigenvalue weighted by atomic mass is 31.1. The van der Waals surface area contributed by atoms with E-state index in [-0.39, 0.29) is 32.4 Å². The summed E-state index contributed by atoms with van der Waals surface area (Å²) < 4.78 is 18.8. The van der Waals surface area contributed by atoms with Crippen LogP contribution in [0.2, 0.25) is 0 Å². The largest absolute Gasteiger partial charge is 0.490 e.